The molecule has 140 valence electrons. The predicted molar refractivity (Wildman–Crippen MR) is 104 cm³/mol. The van der Waals surface area contributed by atoms with Crippen LogP contribution in [0, 0.1) is 5.92 Å². The molecule has 0 bridgehead atoms. The van der Waals surface area contributed by atoms with Crippen LogP contribution in [0.25, 0.3) is 0 Å². The van der Waals surface area contributed by atoms with Gasteiger partial charge in [-0.05, 0) is 42.7 Å². The van der Waals surface area contributed by atoms with Gasteiger partial charge in [0, 0.05) is 43.1 Å². The second-order valence-corrected chi connectivity index (χ2v) is 6.58. The lowest BCUT2D eigenvalue weighted by molar-refractivity contribution is -0.121. The summed E-state index contributed by atoms with van der Waals surface area (Å²) in [4.78, 5) is 24.0. The van der Waals surface area contributed by atoms with Gasteiger partial charge < -0.3 is 19.9 Å². The highest BCUT2D eigenvalue weighted by molar-refractivity contribution is 5.75. The molecular weight excluding hydrogens is 330 g/mol. The van der Waals surface area contributed by atoms with Gasteiger partial charge in [-0.2, -0.15) is 0 Å². The molecule has 0 atom stereocenters. The monoisotopic (exact) mass is 357 g/mol. The third-order valence-electron chi connectivity index (χ3n) is 4.00. The number of hydrogen-bond acceptors (Lipinski definition) is 4. The average Bonchev–Trinajstić information content (AvgIpc) is 2.61. The van der Waals surface area contributed by atoms with E-state index in [9.17, 15) is 9.59 Å². The van der Waals surface area contributed by atoms with Gasteiger partial charge in [0.1, 0.15) is 5.75 Å². The molecule has 0 aliphatic carbocycles. The number of aryl methyl sites for hydroxylation is 1. The molecule has 2 rings (SSSR count). The lowest BCUT2D eigenvalue weighted by Gasteiger charge is -2.10. The van der Waals surface area contributed by atoms with Gasteiger partial charge in [-0.25, -0.2) is 0 Å². The van der Waals surface area contributed by atoms with Crippen LogP contribution in [0.4, 0.5) is 11.4 Å². The SMILES string of the molecule is COc1ccc(Nc2ccn(CCC(=O)NCCC(C)C)c(=O)c2)cc1. The highest BCUT2D eigenvalue weighted by atomic mass is 16.5. The van der Waals surface area contributed by atoms with Crippen LogP contribution in [0.5, 0.6) is 5.75 Å². The molecule has 2 N–H and O–H groups in total. The Kier molecular flexibility index (Phi) is 7.26. The van der Waals surface area contributed by atoms with Crippen molar-refractivity contribution in [2.75, 3.05) is 19.0 Å². The molecule has 0 spiro atoms. The maximum atomic E-state index is 12.2. The van der Waals surface area contributed by atoms with Gasteiger partial charge >= 0.3 is 0 Å². The maximum absolute atomic E-state index is 12.2. The molecule has 1 aromatic carbocycles. The van der Waals surface area contributed by atoms with Gasteiger partial charge in [-0.3, -0.25) is 9.59 Å². The Balaban J connectivity index is 1.88. The standard InChI is InChI=1S/C20H27N3O3/c1-15(2)8-11-21-19(24)10-13-23-12-9-17(14-20(23)25)22-16-4-6-18(26-3)7-5-16/h4-7,9,12,14-15,22H,8,10-11,13H2,1-3H3,(H,21,24). The van der Waals surface area contributed by atoms with Crippen molar-refractivity contribution >= 4 is 17.3 Å². The first-order valence-corrected chi connectivity index (χ1v) is 8.86. The van der Waals surface area contributed by atoms with E-state index in [-0.39, 0.29) is 11.5 Å². The second kappa shape index (κ2) is 9.65. The van der Waals surface area contributed by atoms with Crippen LogP contribution >= 0.6 is 0 Å². The third-order valence-corrected chi connectivity index (χ3v) is 4.00. The fourth-order valence-electron chi connectivity index (χ4n) is 2.42. The van der Waals surface area contributed by atoms with Crippen LogP contribution in [-0.4, -0.2) is 24.1 Å². The second-order valence-electron chi connectivity index (χ2n) is 6.58. The highest BCUT2D eigenvalue weighted by Crippen LogP contribution is 2.18. The maximum Gasteiger partial charge on any atom is 0.252 e. The lowest BCUT2D eigenvalue weighted by atomic mass is 10.1. The molecule has 26 heavy (non-hydrogen) atoms. The molecule has 0 fully saturated rings. The van der Waals surface area contributed by atoms with Crippen LogP contribution in [0.1, 0.15) is 26.7 Å². The molecule has 1 aromatic heterocycles. The number of ether oxygens (including phenoxy) is 1. The van der Waals surface area contributed by atoms with Crippen LogP contribution in [-0.2, 0) is 11.3 Å². The molecule has 0 unspecified atom stereocenters. The Hall–Kier alpha value is -2.76. The zero-order valence-electron chi connectivity index (χ0n) is 15.6. The number of anilines is 2. The molecule has 6 nitrogen and oxygen atoms in total. The van der Waals surface area contributed by atoms with Crippen molar-refractivity contribution in [3.63, 3.8) is 0 Å². The first-order valence-electron chi connectivity index (χ1n) is 8.86. The Labute approximate surface area is 154 Å². The fraction of sp³-hybridized carbons (Fsp3) is 0.400. The number of nitrogens with one attached hydrogen (secondary N) is 2. The fourth-order valence-corrected chi connectivity index (χ4v) is 2.42. The molecule has 0 aliphatic rings. The zero-order valence-corrected chi connectivity index (χ0v) is 15.6. The van der Waals surface area contributed by atoms with E-state index in [2.05, 4.69) is 24.5 Å². The summed E-state index contributed by atoms with van der Waals surface area (Å²) in [7, 11) is 1.62. The Bertz CT molecular complexity index is 767. The molecule has 0 saturated heterocycles. The Morgan fingerprint density at radius 2 is 1.88 bits per heavy atom. The van der Waals surface area contributed by atoms with E-state index < -0.39 is 0 Å². The topological polar surface area (TPSA) is 72.4 Å². The van der Waals surface area contributed by atoms with E-state index in [1.165, 1.54) is 6.07 Å². The van der Waals surface area contributed by atoms with Crippen LogP contribution in [0.2, 0.25) is 0 Å². The summed E-state index contributed by atoms with van der Waals surface area (Å²) in [5.74, 6) is 1.30. The van der Waals surface area contributed by atoms with Crippen molar-refractivity contribution in [1.82, 2.24) is 9.88 Å². The van der Waals surface area contributed by atoms with Gasteiger partial charge in [0.05, 0.1) is 7.11 Å². The van der Waals surface area contributed by atoms with Crippen molar-refractivity contribution in [2.24, 2.45) is 5.92 Å². The number of pyridine rings is 1. The van der Waals surface area contributed by atoms with Crippen molar-refractivity contribution < 1.29 is 9.53 Å². The number of carbonyl (C=O) groups is 1. The Morgan fingerprint density at radius 3 is 2.50 bits per heavy atom. The van der Waals surface area contributed by atoms with Gasteiger partial charge in [0.2, 0.25) is 5.91 Å². The number of aromatic nitrogens is 1. The number of hydrogen-bond donors (Lipinski definition) is 2. The summed E-state index contributed by atoms with van der Waals surface area (Å²) >= 11 is 0. The summed E-state index contributed by atoms with van der Waals surface area (Å²) in [5, 5.41) is 6.06. The van der Waals surface area contributed by atoms with Gasteiger partial charge in [0.15, 0.2) is 0 Å². The molecule has 0 aliphatic heterocycles. The number of rotatable bonds is 9. The van der Waals surface area contributed by atoms with Gasteiger partial charge in [-0.15, -0.1) is 0 Å². The third kappa shape index (κ3) is 6.27. The van der Waals surface area contributed by atoms with E-state index in [1.807, 2.05) is 30.3 Å². The summed E-state index contributed by atoms with van der Waals surface area (Å²) in [6.07, 6.45) is 2.95. The van der Waals surface area contributed by atoms with E-state index >= 15 is 0 Å². The van der Waals surface area contributed by atoms with Gasteiger partial charge in [-0.1, -0.05) is 13.8 Å². The Morgan fingerprint density at radius 1 is 1.15 bits per heavy atom. The number of carbonyl (C=O) groups excluding carboxylic acids is 1. The summed E-state index contributed by atoms with van der Waals surface area (Å²) in [6, 6.07) is 10.8. The number of methoxy groups -OCH3 is 1. The van der Waals surface area contributed by atoms with Crippen LogP contribution in [0.15, 0.2) is 47.4 Å². The van der Waals surface area contributed by atoms with E-state index in [1.54, 1.807) is 17.9 Å². The van der Waals surface area contributed by atoms with Crippen molar-refractivity contribution in [3.8, 4) is 5.75 Å². The minimum atomic E-state index is -0.140. The van der Waals surface area contributed by atoms with Crippen molar-refractivity contribution in [2.45, 2.75) is 33.2 Å². The average molecular weight is 357 g/mol. The molecule has 6 heteroatoms. The van der Waals surface area contributed by atoms with Gasteiger partial charge in [0.25, 0.3) is 5.56 Å². The van der Waals surface area contributed by atoms with E-state index in [4.69, 9.17) is 4.74 Å². The lowest BCUT2D eigenvalue weighted by Crippen LogP contribution is -2.28. The van der Waals surface area contributed by atoms with E-state index in [0.29, 0.717) is 31.1 Å². The normalized spacial score (nSPS) is 10.6. The molecule has 0 saturated carbocycles. The van der Waals surface area contributed by atoms with E-state index in [0.717, 1.165) is 17.9 Å². The van der Waals surface area contributed by atoms with Crippen LogP contribution < -0.4 is 20.9 Å². The quantitative estimate of drug-likeness (QED) is 0.723. The smallest absolute Gasteiger partial charge is 0.252 e. The molecular formula is C20H27N3O3. The summed E-state index contributed by atoms with van der Waals surface area (Å²) in [5.41, 5.74) is 1.43. The molecule has 1 heterocycles. The zero-order chi connectivity index (χ0) is 18.9. The number of nitrogens with zero attached hydrogens (tertiary/aromatic N) is 1. The first kappa shape index (κ1) is 19.6. The number of amides is 1. The largest absolute Gasteiger partial charge is 0.497 e. The predicted octanol–water partition coefficient (Wildman–Crippen LogP) is 3.15. The number of benzene rings is 1. The minimum absolute atomic E-state index is 0.0296. The van der Waals surface area contributed by atoms with Crippen molar-refractivity contribution in [3.05, 3.63) is 52.9 Å². The molecule has 0 radical (unpaired) electrons. The van der Waals surface area contributed by atoms with Crippen LogP contribution in [0.3, 0.4) is 0 Å². The minimum Gasteiger partial charge on any atom is -0.497 e. The first-order chi connectivity index (χ1) is 12.5. The summed E-state index contributed by atoms with van der Waals surface area (Å²) in [6.45, 7) is 5.28. The highest BCUT2D eigenvalue weighted by Gasteiger charge is 2.05. The summed E-state index contributed by atoms with van der Waals surface area (Å²) < 4.78 is 6.67. The van der Waals surface area contributed by atoms with Crippen molar-refractivity contribution in [1.29, 1.82) is 0 Å². The molecule has 1 amide bonds. The molecule has 2 aromatic rings.